The first-order valence-electron chi connectivity index (χ1n) is 15.1. The van der Waals surface area contributed by atoms with Gasteiger partial charge in [0.2, 0.25) is 0 Å². The van der Waals surface area contributed by atoms with Crippen molar-refractivity contribution in [3.63, 3.8) is 0 Å². The van der Waals surface area contributed by atoms with Crippen LogP contribution in [-0.2, 0) is 25.5 Å². The number of rotatable bonds is 10. The number of hydrogen-bond acceptors (Lipinski definition) is 11. The minimum absolute atomic E-state index is 0.111. The van der Waals surface area contributed by atoms with Crippen LogP contribution in [0.5, 0.6) is 11.5 Å². The van der Waals surface area contributed by atoms with Crippen LogP contribution in [0.2, 0.25) is 0 Å². The third-order valence-electron chi connectivity index (χ3n) is 8.97. The average Bonchev–Trinajstić information content (AvgIpc) is 3.05. The molecule has 3 unspecified atom stereocenters. The van der Waals surface area contributed by atoms with Gasteiger partial charge in [-0.15, -0.1) is 0 Å². The van der Waals surface area contributed by atoms with E-state index in [0.717, 1.165) is 43.9 Å². The number of piperidine rings is 1. The molecule has 12 heteroatoms. The molecule has 3 atom stereocenters. The summed E-state index contributed by atoms with van der Waals surface area (Å²) >= 11 is 0. The maximum atomic E-state index is 13.6. The minimum atomic E-state index is -0.898. The van der Waals surface area contributed by atoms with Crippen molar-refractivity contribution in [1.82, 2.24) is 15.5 Å². The van der Waals surface area contributed by atoms with Crippen LogP contribution in [0.4, 0.5) is 5.69 Å². The number of carbonyl (C=O) groups is 2. The lowest BCUT2D eigenvalue weighted by molar-refractivity contribution is -0.384. The second-order valence-corrected chi connectivity index (χ2v) is 11.5. The van der Waals surface area contributed by atoms with Crippen LogP contribution >= 0.6 is 0 Å². The number of nitro groups is 1. The van der Waals surface area contributed by atoms with Crippen LogP contribution in [0.15, 0.2) is 58.9 Å². The number of dihydropyridines is 1. The average molecular weight is 621 g/mol. The molecule has 0 saturated carbocycles. The van der Waals surface area contributed by atoms with Crippen molar-refractivity contribution < 1.29 is 33.5 Å². The van der Waals surface area contributed by atoms with E-state index in [9.17, 15) is 19.7 Å². The van der Waals surface area contributed by atoms with Gasteiger partial charge in [-0.2, -0.15) is 0 Å². The molecule has 0 spiro atoms. The molecule has 45 heavy (non-hydrogen) atoms. The molecule has 0 radical (unpaired) electrons. The Morgan fingerprint density at radius 2 is 1.80 bits per heavy atom. The zero-order valence-electron chi connectivity index (χ0n) is 26.3. The third kappa shape index (κ3) is 6.38. The SMILES string of the molecule is COC(=O)C1=C(C)NC(C)=C(C(=O)OCCNC2CCN3CCc4c(ccc(OC)c4OC)C3C2)C1c1cccc([N+](=O)[O-])c1. The highest BCUT2D eigenvalue weighted by Crippen LogP contribution is 2.44. The van der Waals surface area contributed by atoms with Crippen molar-refractivity contribution in [3.8, 4) is 11.5 Å². The molecule has 2 aromatic carbocycles. The second-order valence-electron chi connectivity index (χ2n) is 11.5. The van der Waals surface area contributed by atoms with Gasteiger partial charge in [0.1, 0.15) is 6.61 Å². The fourth-order valence-corrected chi connectivity index (χ4v) is 6.90. The Kier molecular flexibility index (Phi) is 9.74. The smallest absolute Gasteiger partial charge is 0.336 e. The summed E-state index contributed by atoms with van der Waals surface area (Å²) < 4.78 is 22.0. The summed E-state index contributed by atoms with van der Waals surface area (Å²) in [6, 6.07) is 10.5. The number of non-ortho nitro benzene ring substituents is 1. The summed E-state index contributed by atoms with van der Waals surface area (Å²) in [4.78, 5) is 40.0. The maximum absolute atomic E-state index is 13.6. The number of carbonyl (C=O) groups excluding carboxylic acids is 2. The summed E-state index contributed by atoms with van der Waals surface area (Å²) in [7, 11) is 4.59. The number of methoxy groups -OCH3 is 3. The quantitative estimate of drug-likeness (QED) is 0.173. The van der Waals surface area contributed by atoms with Crippen LogP contribution in [-0.4, -0.2) is 75.4 Å². The van der Waals surface area contributed by atoms with E-state index >= 15 is 0 Å². The van der Waals surface area contributed by atoms with Gasteiger partial charge in [0, 0.05) is 60.8 Å². The van der Waals surface area contributed by atoms with Crippen LogP contribution in [0.1, 0.15) is 55.3 Å². The Morgan fingerprint density at radius 3 is 2.49 bits per heavy atom. The number of nitrogens with one attached hydrogen (secondary N) is 2. The summed E-state index contributed by atoms with van der Waals surface area (Å²) in [6.07, 6.45) is 2.79. The summed E-state index contributed by atoms with van der Waals surface area (Å²) in [5, 5.41) is 18.2. The molecule has 5 rings (SSSR count). The monoisotopic (exact) mass is 620 g/mol. The summed E-state index contributed by atoms with van der Waals surface area (Å²) in [5.74, 6) is -0.591. The number of esters is 2. The number of hydrogen-bond donors (Lipinski definition) is 2. The van der Waals surface area contributed by atoms with Gasteiger partial charge in [-0.3, -0.25) is 15.0 Å². The normalized spacial score (nSPS) is 21.3. The molecular formula is C33H40N4O8. The highest BCUT2D eigenvalue weighted by molar-refractivity contribution is 5.99. The van der Waals surface area contributed by atoms with Crippen molar-refractivity contribution >= 4 is 17.6 Å². The highest BCUT2D eigenvalue weighted by Gasteiger charge is 2.39. The van der Waals surface area contributed by atoms with Crippen LogP contribution in [0.3, 0.4) is 0 Å². The molecule has 3 aliphatic rings. The van der Waals surface area contributed by atoms with Gasteiger partial charge in [0.15, 0.2) is 11.5 Å². The van der Waals surface area contributed by atoms with Gasteiger partial charge in [-0.1, -0.05) is 18.2 Å². The molecule has 0 amide bonds. The number of allylic oxidation sites excluding steroid dienone is 2. The van der Waals surface area contributed by atoms with Crippen LogP contribution in [0, 0.1) is 10.1 Å². The number of nitro benzene ring substituents is 1. The van der Waals surface area contributed by atoms with Gasteiger partial charge in [0.25, 0.3) is 5.69 Å². The molecule has 2 N–H and O–H groups in total. The molecule has 0 bridgehead atoms. The summed E-state index contributed by atoms with van der Waals surface area (Å²) in [6.45, 7) is 5.90. The molecule has 240 valence electrons. The Labute approximate surface area is 262 Å². The Balaban J connectivity index is 1.26. The van der Waals surface area contributed by atoms with Gasteiger partial charge in [-0.25, -0.2) is 9.59 Å². The van der Waals surface area contributed by atoms with E-state index in [0.29, 0.717) is 23.5 Å². The predicted octanol–water partition coefficient (Wildman–Crippen LogP) is 3.91. The van der Waals surface area contributed by atoms with Gasteiger partial charge in [-0.05, 0) is 50.3 Å². The van der Waals surface area contributed by atoms with Crippen molar-refractivity contribution in [2.75, 3.05) is 47.6 Å². The largest absolute Gasteiger partial charge is 0.493 e. The van der Waals surface area contributed by atoms with E-state index in [-0.39, 0.29) is 35.5 Å². The zero-order valence-corrected chi connectivity index (χ0v) is 26.3. The van der Waals surface area contributed by atoms with Crippen molar-refractivity contribution in [2.24, 2.45) is 0 Å². The van der Waals surface area contributed by atoms with E-state index in [4.69, 9.17) is 18.9 Å². The van der Waals surface area contributed by atoms with Crippen molar-refractivity contribution in [2.45, 2.75) is 51.1 Å². The minimum Gasteiger partial charge on any atom is -0.493 e. The first-order chi connectivity index (χ1) is 21.7. The molecule has 1 saturated heterocycles. The first-order valence-corrected chi connectivity index (χ1v) is 15.1. The Bertz CT molecular complexity index is 1550. The second kappa shape index (κ2) is 13.7. The number of fused-ring (bicyclic) bond motifs is 3. The maximum Gasteiger partial charge on any atom is 0.336 e. The van der Waals surface area contributed by atoms with Gasteiger partial charge in [0.05, 0.1) is 43.3 Å². The Hall–Kier alpha value is -4.42. The fraction of sp³-hybridized carbons (Fsp3) is 0.455. The predicted molar refractivity (Wildman–Crippen MR) is 166 cm³/mol. The molecule has 3 heterocycles. The number of ether oxygens (including phenoxy) is 4. The van der Waals surface area contributed by atoms with E-state index in [2.05, 4.69) is 21.6 Å². The molecule has 3 aliphatic heterocycles. The zero-order chi connectivity index (χ0) is 32.2. The molecular weight excluding hydrogens is 580 g/mol. The highest BCUT2D eigenvalue weighted by atomic mass is 16.6. The molecule has 1 fully saturated rings. The molecule has 12 nitrogen and oxygen atoms in total. The first kappa shape index (κ1) is 32.0. The molecule has 2 aromatic rings. The Morgan fingerprint density at radius 1 is 1.04 bits per heavy atom. The van der Waals surface area contributed by atoms with Crippen molar-refractivity contribution in [1.29, 1.82) is 0 Å². The van der Waals surface area contributed by atoms with Gasteiger partial charge >= 0.3 is 11.9 Å². The van der Waals surface area contributed by atoms with Gasteiger partial charge < -0.3 is 29.6 Å². The fourth-order valence-electron chi connectivity index (χ4n) is 6.90. The topological polar surface area (TPSA) is 142 Å². The standard InChI is InChI=1S/C33H40N4O8/c1-19-28(32(38)44-5)30(21-7-6-8-23(17-21)37(40)41)29(20(2)35-19)33(39)45-16-13-34-22-11-14-36-15-12-25-24(26(36)18-22)9-10-27(42-3)31(25)43-4/h6-10,17,22,26,30,34-35H,11-16,18H2,1-5H3. The lowest BCUT2D eigenvalue weighted by Gasteiger charge is -2.44. The van der Waals surface area contributed by atoms with E-state index in [1.54, 1.807) is 34.1 Å². The van der Waals surface area contributed by atoms with E-state index < -0.39 is 22.8 Å². The number of benzene rings is 2. The lowest BCUT2D eigenvalue weighted by atomic mass is 9.80. The van der Waals surface area contributed by atoms with Crippen molar-refractivity contribution in [3.05, 3.63) is 85.7 Å². The van der Waals surface area contributed by atoms with E-state index in [1.165, 1.54) is 36.4 Å². The van der Waals surface area contributed by atoms with Crippen LogP contribution < -0.4 is 20.1 Å². The van der Waals surface area contributed by atoms with Crippen LogP contribution in [0.25, 0.3) is 0 Å². The lowest BCUT2D eigenvalue weighted by Crippen LogP contribution is -2.47. The van der Waals surface area contributed by atoms with E-state index in [1.807, 2.05) is 6.07 Å². The molecule has 0 aliphatic carbocycles. The summed E-state index contributed by atoms with van der Waals surface area (Å²) in [5.41, 5.74) is 4.15. The third-order valence-corrected chi connectivity index (χ3v) is 8.97. The number of nitrogens with zero attached hydrogens (tertiary/aromatic N) is 2. The molecule has 0 aromatic heterocycles.